The molecule has 14 heavy (non-hydrogen) atoms. The molecule has 2 nitrogen and oxygen atoms in total. The first kappa shape index (κ1) is 10.4. The molecule has 0 spiro atoms. The number of esters is 1. The van der Waals surface area contributed by atoms with Crippen molar-refractivity contribution >= 4 is 11.5 Å². The van der Waals surface area contributed by atoms with Crippen LogP contribution in [0.4, 0.5) is 4.39 Å². The molecule has 0 atom stereocenters. The maximum Gasteiger partial charge on any atom is 0.338 e. The second-order valence-corrected chi connectivity index (χ2v) is 2.71. The first-order valence-electron chi connectivity index (χ1n) is 4.27. The molecule has 0 aromatic heterocycles. The summed E-state index contributed by atoms with van der Waals surface area (Å²) < 4.78 is 17.5. The van der Waals surface area contributed by atoms with Crippen LogP contribution >= 0.6 is 0 Å². The predicted molar refractivity (Wildman–Crippen MR) is 52.1 cm³/mol. The average molecular weight is 194 g/mol. The Bertz CT molecular complexity index is 358. The summed E-state index contributed by atoms with van der Waals surface area (Å²) in [5.74, 6) is -0.911. The highest BCUT2D eigenvalue weighted by Gasteiger charge is 2.10. The molecule has 0 unspecified atom stereocenters. The third-order valence-electron chi connectivity index (χ3n) is 1.69. The highest BCUT2D eigenvalue weighted by atomic mass is 19.1. The van der Waals surface area contributed by atoms with Crippen LogP contribution in [0.1, 0.15) is 12.5 Å². The summed E-state index contributed by atoms with van der Waals surface area (Å²) in [6.07, 6.45) is 0. The van der Waals surface area contributed by atoms with Crippen LogP contribution in [0.15, 0.2) is 30.8 Å². The summed E-state index contributed by atoms with van der Waals surface area (Å²) in [5, 5.41) is 0. The lowest BCUT2D eigenvalue weighted by Crippen LogP contribution is -2.05. The highest BCUT2D eigenvalue weighted by molar-refractivity contribution is 6.15. The number of carbonyl (C=O) groups is 1. The predicted octanol–water partition coefficient (Wildman–Crippen LogP) is 2.40. The normalized spacial score (nSPS) is 9.57. The van der Waals surface area contributed by atoms with Crippen molar-refractivity contribution in [2.45, 2.75) is 6.92 Å². The number of hydrogen-bond donors (Lipinski definition) is 0. The molecule has 0 saturated heterocycles. The van der Waals surface area contributed by atoms with E-state index in [1.54, 1.807) is 13.0 Å². The minimum Gasteiger partial charge on any atom is -0.462 e. The number of rotatable bonds is 3. The Hall–Kier alpha value is -1.64. The van der Waals surface area contributed by atoms with Crippen LogP contribution in [0, 0.1) is 5.82 Å². The highest BCUT2D eigenvalue weighted by Crippen LogP contribution is 2.14. The van der Waals surface area contributed by atoms with Crippen LogP contribution in [-0.2, 0) is 9.53 Å². The Labute approximate surface area is 82.0 Å². The van der Waals surface area contributed by atoms with Gasteiger partial charge in [-0.15, -0.1) is 0 Å². The van der Waals surface area contributed by atoms with Gasteiger partial charge in [-0.05, 0) is 24.6 Å². The summed E-state index contributed by atoms with van der Waals surface area (Å²) in [6, 6.07) is 5.69. The van der Waals surface area contributed by atoms with Gasteiger partial charge in [0.1, 0.15) is 5.82 Å². The molecule has 0 saturated carbocycles. The number of ether oxygens (including phenoxy) is 1. The molecular formula is C11H11FO2. The summed E-state index contributed by atoms with van der Waals surface area (Å²) in [6.45, 7) is 5.53. The molecule has 0 fully saturated rings. The van der Waals surface area contributed by atoms with Crippen LogP contribution in [-0.4, -0.2) is 12.6 Å². The van der Waals surface area contributed by atoms with Crippen molar-refractivity contribution in [3.05, 3.63) is 42.2 Å². The molecule has 0 heterocycles. The Morgan fingerprint density at radius 3 is 2.86 bits per heavy atom. The lowest BCUT2D eigenvalue weighted by molar-refractivity contribution is -0.136. The van der Waals surface area contributed by atoms with E-state index in [2.05, 4.69) is 6.58 Å². The second kappa shape index (κ2) is 4.56. The van der Waals surface area contributed by atoms with E-state index in [1.807, 2.05) is 0 Å². The van der Waals surface area contributed by atoms with E-state index in [4.69, 9.17) is 4.74 Å². The van der Waals surface area contributed by atoms with Crippen LogP contribution in [0.25, 0.3) is 5.57 Å². The van der Waals surface area contributed by atoms with Gasteiger partial charge in [0.2, 0.25) is 0 Å². The van der Waals surface area contributed by atoms with E-state index in [-0.39, 0.29) is 12.2 Å². The molecule has 0 amide bonds. The van der Waals surface area contributed by atoms with Crippen LogP contribution < -0.4 is 0 Å². The maximum absolute atomic E-state index is 12.8. The fourth-order valence-corrected chi connectivity index (χ4v) is 1.01. The van der Waals surface area contributed by atoms with Crippen molar-refractivity contribution in [3.8, 4) is 0 Å². The summed E-state index contributed by atoms with van der Waals surface area (Å²) in [5.41, 5.74) is 0.620. The summed E-state index contributed by atoms with van der Waals surface area (Å²) in [7, 11) is 0. The van der Waals surface area contributed by atoms with E-state index in [0.29, 0.717) is 5.56 Å². The third kappa shape index (κ3) is 2.42. The van der Waals surface area contributed by atoms with Gasteiger partial charge in [0.25, 0.3) is 0 Å². The van der Waals surface area contributed by atoms with Gasteiger partial charge in [-0.3, -0.25) is 0 Å². The lowest BCUT2D eigenvalue weighted by Gasteiger charge is -2.04. The Kier molecular flexibility index (Phi) is 3.40. The van der Waals surface area contributed by atoms with Crippen molar-refractivity contribution in [2.24, 2.45) is 0 Å². The zero-order valence-corrected chi connectivity index (χ0v) is 7.92. The number of hydrogen-bond acceptors (Lipinski definition) is 2. The average Bonchev–Trinajstić information content (AvgIpc) is 2.17. The Morgan fingerprint density at radius 2 is 2.29 bits per heavy atom. The van der Waals surface area contributed by atoms with Gasteiger partial charge < -0.3 is 4.74 Å². The molecule has 74 valence electrons. The number of carbonyl (C=O) groups excluding carboxylic acids is 1. The topological polar surface area (TPSA) is 26.3 Å². The van der Waals surface area contributed by atoms with Crippen LogP contribution in [0.3, 0.4) is 0 Å². The Morgan fingerprint density at radius 1 is 1.57 bits per heavy atom. The van der Waals surface area contributed by atoms with E-state index >= 15 is 0 Å². The smallest absolute Gasteiger partial charge is 0.338 e. The molecule has 0 aliphatic rings. The van der Waals surface area contributed by atoms with Gasteiger partial charge in [-0.1, -0.05) is 18.7 Å². The van der Waals surface area contributed by atoms with E-state index in [0.717, 1.165) is 0 Å². The summed E-state index contributed by atoms with van der Waals surface area (Å²) >= 11 is 0. The SMILES string of the molecule is C=C(C(=O)OCC)c1cccc(F)c1. The fraction of sp³-hybridized carbons (Fsp3) is 0.182. The number of benzene rings is 1. The first-order valence-corrected chi connectivity index (χ1v) is 4.27. The zero-order chi connectivity index (χ0) is 10.6. The van der Waals surface area contributed by atoms with Gasteiger partial charge >= 0.3 is 5.97 Å². The number of halogens is 1. The Balaban J connectivity index is 2.84. The first-order chi connectivity index (χ1) is 6.65. The van der Waals surface area contributed by atoms with Crippen molar-refractivity contribution in [2.75, 3.05) is 6.61 Å². The lowest BCUT2D eigenvalue weighted by atomic mass is 10.1. The monoisotopic (exact) mass is 194 g/mol. The molecule has 0 N–H and O–H groups in total. The van der Waals surface area contributed by atoms with E-state index < -0.39 is 11.8 Å². The minimum atomic E-state index is -0.516. The molecule has 0 aliphatic heterocycles. The fourth-order valence-electron chi connectivity index (χ4n) is 1.01. The zero-order valence-electron chi connectivity index (χ0n) is 7.92. The van der Waals surface area contributed by atoms with Crippen molar-refractivity contribution in [3.63, 3.8) is 0 Å². The van der Waals surface area contributed by atoms with Gasteiger partial charge in [-0.25, -0.2) is 9.18 Å². The van der Waals surface area contributed by atoms with Gasteiger partial charge in [-0.2, -0.15) is 0 Å². The molecule has 1 aromatic rings. The maximum atomic E-state index is 12.8. The summed E-state index contributed by atoms with van der Waals surface area (Å²) in [4.78, 5) is 11.2. The van der Waals surface area contributed by atoms with E-state index in [9.17, 15) is 9.18 Å². The molecule has 0 radical (unpaired) electrons. The van der Waals surface area contributed by atoms with Crippen molar-refractivity contribution in [1.82, 2.24) is 0 Å². The van der Waals surface area contributed by atoms with Crippen LogP contribution in [0.5, 0.6) is 0 Å². The molecule has 1 aromatic carbocycles. The van der Waals surface area contributed by atoms with Crippen molar-refractivity contribution < 1.29 is 13.9 Å². The molecular weight excluding hydrogens is 183 g/mol. The molecule has 1 rings (SSSR count). The quantitative estimate of drug-likeness (QED) is 0.545. The van der Waals surface area contributed by atoms with Gasteiger partial charge in [0, 0.05) is 0 Å². The minimum absolute atomic E-state index is 0.173. The molecule has 3 heteroatoms. The van der Waals surface area contributed by atoms with E-state index in [1.165, 1.54) is 18.2 Å². The van der Waals surface area contributed by atoms with Gasteiger partial charge in [0.15, 0.2) is 0 Å². The third-order valence-corrected chi connectivity index (χ3v) is 1.69. The van der Waals surface area contributed by atoms with Crippen molar-refractivity contribution in [1.29, 1.82) is 0 Å². The second-order valence-electron chi connectivity index (χ2n) is 2.71. The standard InChI is InChI=1S/C11H11FO2/c1-3-14-11(13)8(2)9-5-4-6-10(12)7-9/h4-7H,2-3H2,1H3. The van der Waals surface area contributed by atoms with Gasteiger partial charge in [0.05, 0.1) is 12.2 Å². The molecule has 0 aliphatic carbocycles. The largest absolute Gasteiger partial charge is 0.462 e. The van der Waals surface area contributed by atoms with Crippen LogP contribution in [0.2, 0.25) is 0 Å². The molecule has 0 bridgehead atoms.